The van der Waals surface area contributed by atoms with Crippen LogP contribution >= 0.6 is 0 Å². The first kappa shape index (κ1) is 16.5. The number of morpholine rings is 1. The maximum Gasteiger partial charge on any atom is 0.226 e. The van der Waals surface area contributed by atoms with E-state index in [0.29, 0.717) is 37.4 Å². The molecule has 0 saturated carbocycles. The molecule has 1 saturated heterocycles. The zero-order valence-corrected chi connectivity index (χ0v) is 12.9. The second-order valence-electron chi connectivity index (χ2n) is 5.36. The molecule has 2 amide bonds. The fourth-order valence-electron chi connectivity index (χ4n) is 2.31. The molecule has 1 fully saturated rings. The van der Waals surface area contributed by atoms with Crippen molar-refractivity contribution in [2.45, 2.75) is 32.2 Å². The summed E-state index contributed by atoms with van der Waals surface area (Å²) in [6.07, 6.45) is 1.66. The molecule has 6 heteroatoms. The van der Waals surface area contributed by atoms with Crippen molar-refractivity contribution in [2.75, 3.05) is 30.4 Å². The van der Waals surface area contributed by atoms with Gasteiger partial charge in [0.1, 0.15) is 0 Å². The summed E-state index contributed by atoms with van der Waals surface area (Å²) < 4.78 is 5.33. The van der Waals surface area contributed by atoms with Gasteiger partial charge in [0.2, 0.25) is 11.8 Å². The lowest BCUT2D eigenvalue weighted by Gasteiger charge is -2.23. The van der Waals surface area contributed by atoms with Crippen LogP contribution in [-0.2, 0) is 14.3 Å². The Kier molecular flexibility index (Phi) is 6.36. The molecule has 3 N–H and O–H groups in total. The molecule has 1 atom stereocenters. The molecule has 0 aliphatic carbocycles. The highest BCUT2D eigenvalue weighted by atomic mass is 16.5. The SMILES string of the molecule is CCCC(=O)Nc1cccc(NC(=O)CC2COCCN2)c1. The van der Waals surface area contributed by atoms with Crippen molar-refractivity contribution in [3.63, 3.8) is 0 Å². The van der Waals surface area contributed by atoms with Gasteiger partial charge in [-0.25, -0.2) is 0 Å². The lowest BCUT2D eigenvalue weighted by atomic mass is 10.2. The largest absolute Gasteiger partial charge is 0.378 e. The highest BCUT2D eigenvalue weighted by Crippen LogP contribution is 2.16. The standard InChI is InChI=1S/C16H23N3O3/c1-2-4-15(20)18-12-5-3-6-13(9-12)19-16(21)10-14-11-22-8-7-17-14/h3,5-6,9,14,17H,2,4,7-8,10-11H2,1H3,(H,18,20)(H,19,21). The van der Waals surface area contributed by atoms with Gasteiger partial charge in [0.25, 0.3) is 0 Å². The van der Waals surface area contributed by atoms with E-state index in [9.17, 15) is 9.59 Å². The number of benzene rings is 1. The zero-order valence-electron chi connectivity index (χ0n) is 12.9. The first-order valence-electron chi connectivity index (χ1n) is 7.68. The molecule has 0 radical (unpaired) electrons. The average Bonchev–Trinajstić information content (AvgIpc) is 2.48. The molecule has 1 aliphatic rings. The maximum absolute atomic E-state index is 12.0. The van der Waals surface area contributed by atoms with Gasteiger partial charge >= 0.3 is 0 Å². The summed E-state index contributed by atoms with van der Waals surface area (Å²) in [5, 5.41) is 8.91. The molecule has 1 aliphatic heterocycles. The van der Waals surface area contributed by atoms with Crippen molar-refractivity contribution in [2.24, 2.45) is 0 Å². The Bertz CT molecular complexity index is 513. The normalized spacial score (nSPS) is 17.8. The molecule has 6 nitrogen and oxygen atoms in total. The van der Waals surface area contributed by atoms with Crippen molar-refractivity contribution >= 4 is 23.2 Å². The predicted octanol–water partition coefficient (Wildman–Crippen LogP) is 1.74. The van der Waals surface area contributed by atoms with E-state index in [1.165, 1.54) is 0 Å². The molecule has 0 bridgehead atoms. The molecule has 2 rings (SSSR count). The van der Waals surface area contributed by atoms with E-state index in [4.69, 9.17) is 4.74 Å². The van der Waals surface area contributed by atoms with E-state index in [2.05, 4.69) is 16.0 Å². The van der Waals surface area contributed by atoms with Gasteiger partial charge in [-0.15, -0.1) is 0 Å². The number of carbonyl (C=O) groups excluding carboxylic acids is 2. The molecule has 1 unspecified atom stereocenters. The molecule has 0 spiro atoms. The number of hydrogen-bond acceptors (Lipinski definition) is 4. The van der Waals surface area contributed by atoms with Gasteiger partial charge in [0.15, 0.2) is 0 Å². The lowest BCUT2D eigenvalue weighted by molar-refractivity contribution is -0.117. The second-order valence-corrected chi connectivity index (χ2v) is 5.36. The number of carbonyl (C=O) groups is 2. The lowest BCUT2D eigenvalue weighted by Crippen LogP contribution is -2.43. The van der Waals surface area contributed by atoms with Crippen molar-refractivity contribution < 1.29 is 14.3 Å². The minimum atomic E-state index is -0.0694. The molecular weight excluding hydrogens is 282 g/mol. The van der Waals surface area contributed by atoms with Gasteiger partial charge in [0, 0.05) is 36.8 Å². The van der Waals surface area contributed by atoms with Crippen LogP contribution in [0.1, 0.15) is 26.2 Å². The summed E-state index contributed by atoms with van der Waals surface area (Å²) in [7, 11) is 0. The van der Waals surface area contributed by atoms with E-state index in [0.717, 1.165) is 13.0 Å². The predicted molar refractivity (Wildman–Crippen MR) is 85.8 cm³/mol. The number of anilines is 2. The molecule has 0 aromatic heterocycles. The number of ether oxygens (including phenoxy) is 1. The summed E-state index contributed by atoms with van der Waals surface area (Å²) in [6.45, 7) is 3.98. The van der Waals surface area contributed by atoms with Gasteiger partial charge in [-0.05, 0) is 24.6 Å². The minimum Gasteiger partial charge on any atom is -0.378 e. The van der Waals surface area contributed by atoms with Crippen LogP contribution in [0.25, 0.3) is 0 Å². The van der Waals surface area contributed by atoms with Gasteiger partial charge in [0.05, 0.1) is 13.2 Å². The third kappa shape index (κ3) is 5.46. The fourth-order valence-corrected chi connectivity index (χ4v) is 2.31. The van der Waals surface area contributed by atoms with Crippen LogP contribution in [0.5, 0.6) is 0 Å². The monoisotopic (exact) mass is 305 g/mol. The van der Waals surface area contributed by atoms with E-state index < -0.39 is 0 Å². The van der Waals surface area contributed by atoms with Gasteiger partial charge < -0.3 is 20.7 Å². The molecule has 1 aromatic carbocycles. The summed E-state index contributed by atoms with van der Waals surface area (Å²) >= 11 is 0. The van der Waals surface area contributed by atoms with Crippen LogP contribution < -0.4 is 16.0 Å². The summed E-state index contributed by atoms with van der Waals surface area (Å²) in [5.41, 5.74) is 1.37. The Morgan fingerprint density at radius 2 is 2.00 bits per heavy atom. The van der Waals surface area contributed by atoms with Crippen molar-refractivity contribution in [1.82, 2.24) is 5.32 Å². The zero-order chi connectivity index (χ0) is 15.8. The van der Waals surface area contributed by atoms with E-state index >= 15 is 0 Å². The van der Waals surface area contributed by atoms with Crippen molar-refractivity contribution in [1.29, 1.82) is 0 Å². The van der Waals surface area contributed by atoms with Crippen LogP contribution in [0.15, 0.2) is 24.3 Å². The van der Waals surface area contributed by atoms with Gasteiger partial charge in [-0.1, -0.05) is 13.0 Å². The fraction of sp³-hybridized carbons (Fsp3) is 0.500. The third-order valence-corrected chi connectivity index (χ3v) is 3.34. The molecule has 22 heavy (non-hydrogen) atoms. The van der Waals surface area contributed by atoms with Gasteiger partial charge in [-0.3, -0.25) is 9.59 Å². The maximum atomic E-state index is 12.0. The number of nitrogens with one attached hydrogen (secondary N) is 3. The van der Waals surface area contributed by atoms with E-state index in [1.54, 1.807) is 24.3 Å². The topological polar surface area (TPSA) is 79.5 Å². The Hall–Kier alpha value is -1.92. The first-order valence-corrected chi connectivity index (χ1v) is 7.68. The first-order chi connectivity index (χ1) is 10.7. The summed E-state index contributed by atoms with van der Waals surface area (Å²) in [4.78, 5) is 23.6. The molecule has 120 valence electrons. The number of amides is 2. The molecule has 1 heterocycles. The van der Waals surface area contributed by atoms with Crippen LogP contribution in [0.4, 0.5) is 11.4 Å². The quantitative estimate of drug-likeness (QED) is 0.748. The van der Waals surface area contributed by atoms with E-state index in [-0.39, 0.29) is 17.9 Å². The van der Waals surface area contributed by atoms with Crippen LogP contribution in [0.2, 0.25) is 0 Å². The Morgan fingerprint density at radius 1 is 1.27 bits per heavy atom. The Labute approximate surface area is 130 Å². The van der Waals surface area contributed by atoms with E-state index in [1.807, 2.05) is 6.92 Å². The summed E-state index contributed by atoms with van der Waals surface area (Å²) in [5.74, 6) is -0.0884. The van der Waals surface area contributed by atoms with Crippen molar-refractivity contribution in [3.8, 4) is 0 Å². The highest BCUT2D eigenvalue weighted by Gasteiger charge is 2.16. The van der Waals surface area contributed by atoms with Crippen LogP contribution in [0, 0.1) is 0 Å². The Morgan fingerprint density at radius 3 is 2.64 bits per heavy atom. The Balaban J connectivity index is 1.86. The molecular formula is C16H23N3O3. The minimum absolute atomic E-state index is 0.0190. The highest BCUT2D eigenvalue weighted by molar-refractivity contribution is 5.94. The van der Waals surface area contributed by atoms with Gasteiger partial charge in [-0.2, -0.15) is 0 Å². The van der Waals surface area contributed by atoms with Crippen LogP contribution in [-0.4, -0.2) is 37.6 Å². The average molecular weight is 305 g/mol. The smallest absolute Gasteiger partial charge is 0.226 e. The second kappa shape index (κ2) is 8.51. The number of hydrogen-bond donors (Lipinski definition) is 3. The van der Waals surface area contributed by atoms with Crippen molar-refractivity contribution in [3.05, 3.63) is 24.3 Å². The summed E-state index contributed by atoms with van der Waals surface area (Å²) in [6, 6.07) is 7.23. The number of rotatable bonds is 6. The molecule has 1 aromatic rings. The van der Waals surface area contributed by atoms with Crippen LogP contribution in [0.3, 0.4) is 0 Å². The third-order valence-electron chi connectivity index (χ3n) is 3.34.